The number of amides is 4. The zero-order valence-electron chi connectivity index (χ0n) is 10.9. The molecule has 124 valence electrons. The Labute approximate surface area is 122 Å². The second kappa shape index (κ2) is 6.01. The number of carbonyl (C=O) groups is 3. The van der Waals surface area contributed by atoms with Crippen LogP contribution in [0.3, 0.4) is 0 Å². The highest BCUT2D eigenvalue weighted by Gasteiger charge is 2.50. The maximum Gasteiger partial charge on any atom is 0.469 e. The molecule has 0 saturated carbocycles. The third-order valence-electron chi connectivity index (χ3n) is 3.04. The lowest BCUT2D eigenvalue weighted by atomic mass is 10.1. The molecule has 12 nitrogen and oxygen atoms in total. The lowest BCUT2D eigenvalue weighted by molar-refractivity contribution is -0.150. The number of aliphatic hydroxyl groups is 2. The van der Waals surface area contributed by atoms with E-state index in [0.717, 1.165) is 0 Å². The Morgan fingerprint density at radius 2 is 1.91 bits per heavy atom. The fourth-order valence-electron chi connectivity index (χ4n) is 2.07. The second-order valence-corrected chi connectivity index (χ2v) is 5.87. The van der Waals surface area contributed by atoms with E-state index in [1.807, 2.05) is 5.32 Å². The van der Waals surface area contributed by atoms with Gasteiger partial charge < -0.3 is 24.7 Å². The molecule has 2 saturated heterocycles. The third kappa shape index (κ3) is 3.50. The first-order valence-electron chi connectivity index (χ1n) is 5.97. The molecule has 0 aliphatic carbocycles. The molecule has 0 spiro atoms. The van der Waals surface area contributed by atoms with Crippen LogP contribution >= 0.6 is 7.82 Å². The number of carbonyl (C=O) groups excluding carboxylic acids is 3. The number of phosphoric ester groups is 1. The number of phosphoric acid groups is 1. The molecular formula is C9H13N2O10P. The normalized spacial score (nSPS) is 33.3. The number of hydrogen-bond acceptors (Lipinski definition) is 8. The quantitative estimate of drug-likeness (QED) is 0.261. The Morgan fingerprint density at radius 1 is 1.27 bits per heavy atom. The van der Waals surface area contributed by atoms with Crippen LogP contribution in [-0.2, 0) is 23.4 Å². The SMILES string of the molecule is O=C1CC(=O)N([C@@H]2O[C@@H](COP(=O)(O)O)[C@H](O)[C@H]2O)C(=O)N1. The summed E-state index contributed by atoms with van der Waals surface area (Å²) in [6.07, 6.45) is -7.02. The van der Waals surface area contributed by atoms with Gasteiger partial charge in [0, 0.05) is 0 Å². The molecule has 2 aliphatic heterocycles. The van der Waals surface area contributed by atoms with Crippen molar-refractivity contribution in [3.8, 4) is 0 Å². The Kier molecular flexibility index (Phi) is 4.63. The van der Waals surface area contributed by atoms with Crippen LogP contribution in [0.1, 0.15) is 6.42 Å². The molecule has 2 heterocycles. The van der Waals surface area contributed by atoms with Gasteiger partial charge in [0.1, 0.15) is 24.7 Å². The molecule has 0 aromatic rings. The first kappa shape index (κ1) is 17.0. The van der Waals surface area contributed by atoms with E-state index in [0.29, 0.717) is 4.90 Å². The fraction of sp³-hybridized carbons (Fsp3) is 0.667. The molecule has 13 heteroatoms. The van der Waals surface area contributed by atoms with E-state index in [-0.39, 0.29) is 0 Å². The fourth-order valence-corrected chi connectivity index (χ4v) is 2.41. The van der Waals surface area contributed by atoms with Crippen LogP contribution in [0, 0.1) is 0 Å². The lowest BCUT2D eigenvalue weighted by Gasteiger charge is -2.30. The molecule has 5 N–H and O–H groups in total. The van der Waals surface area contributed by atoms with Crippen LogP contribution in [-0.4, -0.2) is 73.9 Å². The molecule has 4 atom stereocenters. The van der Waals surface area contributed by atoms with E-state index in [1.54, 1.807) is 0 Å². The van der Waals surface area contributed by atoms with Gasteiger partial charge in [-0.2, -0.15) is 0 Å². The van der Waals surface area contributed by atoms with Gasteiger partial charge in [-0.3, -0.25) is 19.4 Å². The van der Waals surface area contributed by atoms with Gasteiger partial charge in [-0.25, -0.2) is 14.3 Å². The van der Waals surface area contributed by atoms with Crippen molar-refractivity contribution in [1.29, 1.82) is 0 Å². The third-order valence-corrected chi connectivity index (χ3v) is 3.53. The zero-order valence-corrected chi connectivity index (χ0v) is 11.8. The predicted octanol–water partition coefficient (Wildman–Crippen LogP) is -2.99. The van der Waals surface area contributed by atoms with Gasteiger partial charge in [-0.1, -0.05) is 0 Å². The average Bonchev–Trinajstić information content (AvgIpc) is 2.63. The highest BCUT2D eigenvalue weighted by molar-refractivity contribution is 7.46. The first-order valence-corrected chi connectivity index (χ1v) is 7.51. The van der Waals surface area contributed by atoms with Crippen LogP contribution in [0.4, 0.5) is 4.79 Å². The second-order valence-electron chi connectivity index (χ2n) is 4.63. The number of rotatable bonds is 4. The van der Waals surface area contributed by atoms with Crippen LogP contribution in [0.5, 0.6) is 0 Å². The van der Waals surface area contributed by atoms with Crippen molar-refractivity contribution in [2.75, 3.05) is 6.61 Å². The Morgan fingerprint density at radius 3 is 2.45 bits per heavy atom. The van der Waals surface area contributed by atoms with Gasteiger partial charge in [-0.05, 0) is 0 Å². The first-order chi connectivity index (χ1) is 10.1. The number of hydrogen-bond donors (Lipinski definition) is 5. The van der Waals surface area contributed by atoms with Gasteiger partial charge in [0.15, 0.2) is 6.23 Å². The summed E-state index contributed by atoms with van der Waals surface area (Å²) in [7, 11) is -4.83. The summed E-state index contributed by atoms with van der Waals surface area (Å²) in [5.41, 5.74) is 0. The van der Waals surface area contributed by atoms with Crippen LogP contribution in [0.2, 0.25) is 0 Å². The van der Waals surface area contributed by atoms with Crippen LogP contribution in [0.25, 0.3) is 0 Å². The molecule has 2 aliphatic rings. The average molecular weight is 340 g/mol. The molecule has 22 heavy (non-hydrogen) atoms. The Hall–Kier alpha value is -1.40. The maximum atomic E-state index is 11.7. The van der Waals surface area contributed by atoms with E-state index in [1.165, 1.54) is 0 Å². The Balaban J connectivity index is 2.09. The number of nitrogens with zero attached hydrogens (tertiary/aromatic N) is 1. The van der Waals surface area contributed by atoms with Crippen molar-refractivity contribution in [3.05, 3.63) is 0 Å². The molecular weight excluding hydrogens is 327 g/mol. The molecule has 0 aromatic heterocycles. The van der Waals surface area contributed by atoms with Gasteiger partial charge in [0.2, 0.25) is 11.8 Å². The topological polar surface area (TPSA) is 183 Å². The monoisotopic (exact) mass is 340 g/mol. The molecule has 0 aromatic carbocycles. The summed E-state index contributed by atoms with van der Waals surface area (Å²) in [5, 5.41) is 21.4. The number of urea groups is 1. The van der Waals surface area contributed by atoms with Gasteiger partial charge >= 0.3 is 13.9 Å². The van der Waals surface area contributed by atoms with Gasteiger partial charge in [0.25, 0.3) is 0 Å². The van der Waals surface area contributed by atoms with Crippen molar-refractivity contribution in [2.24, 2.45) is 0 Å². The van der Waals surface area contributed by atoms with Crippen molar-refractivity contribution in [1.82, 2.24) is 10.2 Å². The molecule has 0 bridgehead atoms. The van der Waals surface area contributed by atoms with Crippen LogP contribution < -0.4 is 5.32 Å². The van der Waals surface area contributed by atoms with Gasteiger partial charge in [-0.15, -0.1) is 0 Å². The molecule has 4 amide bonds. The maximum absolute atomic E-state index is 11.7. The van der Waals surface area contributed by atoms with E-state index >= 15 is 0 Å². The zero-order chi connectivity index (χ0) is 16.7. The van der Waals surface area contributed by atoms with Crippen molar-refractivity contribution < 1.29 is 48.2 Å². The van der Waals surface area contributed by atoms with Crippen LogP contribution in [0.15, 0.2) is 0 Å². The summed E-state index contributed by atoms with van der Waals surface area (Å²) >= 11 is 0. The summed E-state index contributed by atoms with van der Waals surface area (Å²) in [6, 6.07) is -1.13. The van der Waals surface area contributed by atoms with Crippen molar-refractivity contribution in [2.45, 2.75) is 31.0 Å². The smallest absolute Gasteiger partial charge is 0.387 e. The number of nitrogens with one attached hydrogen (secondary N) is 1. The van der Waals surface area contributed by atoms with E-state index in [9.17, 15) is 29.2 Å². The summed E-state index contributed by atoms with van der Waals surface area (Å²) in [5.74, 6) is -1.76. The minimum absolute atomic E-state index is 0.423. The standard InChI is InChI=1S/C9H13N2O10P/c12-4-1-5(13)11(9(16)10-4)8-7(15)6(14)3(21-8)2-20-22(17,18)19/h3,6-8,14-15H,1-2H2,(H,10,12,16)(H2,17,18,19)/t3-,6-,7+,8+/m0/s1. The number of imide groups is 2. The minimum Gasteiger partial charge on any atom is -0.387 e. The number of barbiturate groups is 1. The summed E-state index contributed by atoms with van der Waals surface area (Å²) in [6.45, 7) is -0.776. The lowest BCUT2D eigenvalue weighted by Crippen LogP contribution is -2.59. The highest BCUT2D eigenvalue weighted by Crippen LogP contribution is 2.37. The Bertz CT molecular complexity index is 527. The van der Waals surface area contributed by atoms with E-state index in [2.05, 4.69) is 4.52 Å². The summed E-state index contributed by atoms with van der Waals surface area (Å²) in [4.78, 5) is 51.9. The predicted molar refractivity (Wildman–Crippen MR) is 63.7 cm³/mol. The van der Waals surface area contributed by atoms with Crippen molar-refractivity contribution in [3.63, 3.8) is 0 Å². The molecule has 0 unspecified atom stereocenters. The van der Waals surface area contributed by atoms with E-state index < -0.39 is 63.2 Å². The number of ether oxygens (including phenoxy) is 1. The molecule has 0 radical (unpaired) electrons. The molecule has 2 rings (SSSR count). The molecule has 2 fully saturated rings. The number of aliphatic hydroxyl groups excluding tert-OH is 2. The van der Waals surface area contributed by atoms with E-state index in [4.69, 9.17) is 14.5 Å². The van der Waals surface area contributed by atoms with Gasteiger partial charge in [0.05, 0.1) is 6.61 Å². The van der Waals surface area contributed by atoms with Crippen molar-refractivity contribution >= 4 is 25.7 Å². The highest BCUT2D eigenvalue weighted by atomic mass is 31.2. The largest absolute Gasteiger partial charge is 0.469 e. The minimum atomic E-state index is -4.83. The summed E-state index contributed by atoms with van der Waals surface area (Å²) < 4.78 is 19.8.